The molecule has 0 bridgehead atoms. The predicted octanol–water partition coefficient (Wildman–Crippen LogP) is 1.59. The summed E-state index contributed by atoms with van der Waals surface area (Å²) < 4.78 is 0. The molecule has 0 spiro atoms. The van der Waals surface area contributed by atoms with Crippen molar-refractivity contribution in [1.29, 1.82) is 0 Å². The Kier molecular flexibility index (Phi) is 3.22. The van der Waals surface area contributed by atoms with Crippen molar-refractivity contribution < 1.29 is 0 Å². The highest BCUT2D eigenvalue weighted by Gasteiger charge is 1.92. The number of thiocarbonyl (C=S) groups is 1. The zero-order valence-electron chi connectivity index (χ0n) is 6.45. The highest BCUT2D eigenvalue weighted by atomic mass is 32.1. The van der Waals surface area contributed by atoms with Crippen LogP contribution in [0.2, 0.25) is 0 Å². The minimum atomic E-state index is 0.441. The van der Waals surface area contributed by atoms with Crippen LogP contribution in [0.3, 0.4) is 0 Å². The fourth-order valence-electron chi connectivity index (χ4n) is 0.752. The summed E-state index contributed by atoms with van der Waals surface area (Å²) in [5.74, 6) is 0. The van der Waals surface area contributed by atoms with Crippen LogP contribution in [0.15, 0.2) is 35.4 Å². The van der Waals surface area contributed by atoms with E-state index in [-0.39, 0.29) is 0 Å². The molecule has 3 nitrogen and oxygen atoms in total. The molecule has 0 unspecified atom stereocenters. The average molecular weight is 179 g/mol. The van der Waals surface area contributed by atoms with Crippen molar-refractivity contribution in [3.63, 3.8) is 0 Å². The molecule has 1 aromatic rings. The number of nitrogens with zero attached hydrogens (tertiary/aromatic N) is 1. The number of anilines is 1. The number of hydrazone groups is 1. The minimum absolute atomic E-state index is 0.441. The van der Waals surface area contributed by atoms with Crippen molar-refractivity contribution in [1.82, 2.24) is 5.43 Å². The molecule has 0 heterocycles. The second-order valence-electron chi connectivity index (χ2n) is 2.09. The number of nitrogens with one attached hydrogen (secondary N) is 2. The minimum Gasteiger partial charge on any atom is -0.331 e. The standard InChI is InChI=1S/C8H9N3S/c1-9-11-8(12)10-7-5-3-2-4-6-7/h2-6H,1H2,(H2,10,11,12). The van der Waals surface area contributed by atoms with Crippen LogP contribution in [0.4, 0.5) is 5.69 Å². The van der Waals surface area contributed by atoms with Gasteiger partial charge in [0.1, 0.15) is 0 Å². The molecule has 0 aliphatic carbocycles. The molecular weight excluding hydrogens is 170 g/mol. The van der Waals surface area contributed by atoms with Crippen LogP contribution in [0, 0.1) is 0 Å². The van der Waals surface area contributed by atoms with E-state index in [2.05, 4.69) is 22.6 Å². The molecule has 0 fully saturated rings. The zero-order chi connectivity index (χ0) is 8.81. The number of para-hydroxylation sites is 1. The van der Waals surface area contributed by atoms with Crippen LogP contribution < -0.4 is 10.7 Å². The van der Waals surface area contributed by atoms with Gasteiger partial charge in [-0.2, -0.15) is 5.10 Å². The van der Waals surface area contributed by atoms with E-state index in [0.717, 1.165) is 5.69 Å². The summed E-state index contributed by atoms with van der Waals surface area (Å²) in [6, 6.07) is 9.61. The van der Waals surface area contributed by atoms with Gasteiger partial charge in [0, 0.05) is 12.4 Å². The third kappa shape index (κ3) is 2.67. The highest BCUT2D eigenvalue weighted by molar-refractivity contribution is 7.80. The summed E-state index contributed by atoms with van der Waals surface area (Å²) in [4.78, 5) is 0. The third-order valence-corrected chi connectivity index (χ3v) is 1.41. The maximum atomic E-state index is 4.88. The largest absolute Gasteiger partial charge is 0.331 e. The lowest BCUT2D eigenvalue weighted by Gasteiger charge is -2.05. The Morgan fingerprint density at radius 2 is 2.00 bits per heavy atom. The third-order valence-electron chi connectivity index (χ3n) is 1.21. The van der Waals surface area contributed by atoms with Gasteiger partial charge in [-0.1, -0.05) is 18.2 Å². The highest BCUT2D eigenvalue weighted by Crippen LogP contribution is 2.03. The predicted molar refractivity (Wildman–Crippen MR) is 55.3 cm³/mol. The Morgan fingerprint density at radius 3 is 2.58 bits per heavy atom. The van der Waals surface area contributed by atoms with Gasteiger partial charge in [-0.3, -0.25) is 5.43 Å². The van der Waals surface area contributed by atoms with Gasteiger partial charge in [-0.25, -0.2) is 0 Å². The fraction of sp³-hybridized carbons (Fsp3) is 0. The van der Waals surface area contributed by atoms with Crippen molar-refractivity contribution in [2.45, 2.75) is 0 Å². The van der Waals surface area contributed by atoms with Crippen LogP contribution in [-0.4, -0.2) is 11.8 Å². The summed E-state index contributed by atoms with van der Waals surface area (Å²) in [7, 11) is 0. The topological polar surface area (TPSA) is 36.4 Å². The van der Waals surface area contributed by atoms with Gasteiger partial charge in [0.25, 0.3) is 0 Å². The Balaban J connectivity index is 2.52. The lowest BCUT2D eigenvalue weighted by molar-refractivity contribution is 1.06. The molecule has 0 amide bonds. The Hall–Kier alpha value is -1.42. The average Bonchev–Trinajstić information content (AvgIpc) is 2.06. The van der Waals surface area contributed by atoms with Crippen molar-refractivity contribution >= 4 is 29.7 Å². The molecule has 0 saturated carbocycles. The molecule has 1 rings (SSSR count). The molecule has 4 heteroatoms. The first-order chi connectivity index (χ1) is 5.83. The smallest absolute Gasteiger partial charge is 0.191 e. The van der Waals surface area contributed by atoms with Crippen LogP contribution in [-0.2, 0) is 0 Å². The first kappa shape index (κ1) is 8.67. The van der Waals surface area contributed by atoms with Crippen LogP contribution in [0.1, 0.15) is 0 Å². The summed E-state index contributed by atoms with van der Waals surface area (Å²) in [5, 5.41) is 6.80. The van der Waals surface area contributed by atoms with Crippen LogP contribution >= 0.6 is 12.2 Å². The molecular formula is C8H9N3S. The molecule has 0 atom stereocenters. The Labute approximate surface area is 76.5 Å². The van der Waals surface area contributed by atoms with E-state index in [0.29, 0.717) is 5.11 Å². The number of hydrogen-bond acceptors (Lipinski definition) is 2. The molecule has 0 radical (unpaired) electrons. The van der Waals surface area contributed by atoms with E-state index in [1.54, 1.807) is 0 Å². The van der Waals surface area contributed by atoms with E-state index in [1.807, 2.05) is 30.3 Å². The van der Waals surface area contributed by atoms with Crippen molar-refractivity contribution in [2.24, 2.45) is 5.10 Å². The quantitative estimate of drug-likeness (QED) is 0.411. The van der Waals surface area contributed by atoms with Gasteiger partial charge in [0.15, 0.2) is 5.11 Å². The summed E-state index contributed by atoms with van der Waals surface area (Å²) in [6.45, 7) is 3.25. The lowest BCUT2D eigenvalue weighted by Crippen LogP contribution is -2.23. The molecule has 0 aliphatic rings. The van der Waals surface area contributed by atoms with E-state index in [9.17, 15) is 0 Å². The first-order valence-electron chi connectivity index (χ1n) is 3.40. The maximum Gasteiger partial charge on any atom is 0.191 e. The zero-order valence-corrected chi connectivity index (χ0v) is 7.27. The van der Waals surface area contributed by atoms with Crippen molar-refractivity contribution in [2.75, 3.05) is 5.32 Å². The molecule has 12 heavy (non-hydrogen) atoms. The Bertz CT molecular complexity index is 271. The van der Waals surface area contributed by atoms with Crippen molar-refractivity contribution in [3.05, 3.63) is 30.3 Å². The monoisotopic (exact) mass is 179 g/mol. The SMILES string of the molecule is C=NNC(=S)Nc1ccccc1. The summed E-state index contributed by atoms with van der Waals surface area (Å²) in [6.07, 6.45) is 0. The second kappa shape index (κ2) is 4.46. The Morgan fingerprint density at radius 1 is 1.33 bits per heavy atom. The molecule has 2 N–H and O–H groups in total. The molecule has 1 aromatic carbocycles. The van der Waals surface area contributed by atoms with Gasteiger partial charge >= 0.3 is 0 Å². The van der Waals surface area contributed by atoms with Gasteiger partial charge in [0.2, 0.25) is 0 Å². The molecule has 0 aliphatic heterocycles. The van der Waals surface area contributed by atoms with Gasteiger partial charge in [0.05, 0.1) is 0 Å². The normalized spacial score (nSPS) is 8.67. The fourth-order valence-corrected chi connectivity index (χ4v) is 0.935. The molecule has 0 aromatic heterocycles. The van der Waals surface area contributed by atoms with Gasteiger partial charge < -0.3 is 5.32 Å². The molecule has 0 saturated heterocycles. The first-order valence-corrected chi connectivity index (χ1v) is 3.81. The number of rotatable bonds is 2. The lowest BCUT2D eigenvalue weighted by atomic mass is 10.3. The van der Waals surface area contributed by atoms with E-state index in [1.165, 1.54) is 0 Å². The molecule has 62 valence electrons. The second-order valence-corrected chi connectivity index (χ2v) is 2.50. The van der Waals surface area contributed by atoms with Gasteiger partial charge in [-0.05, 0) is 24.4 Å². The van der Waals surface area contributed by atoms with Crippen LogP contribution in [0.25, 0.3) is 0 Å². The van der Waals surface area contributed by atoms with Gasteiger partial charge in [-0.15, -0.1) is 0 Å². The summed E-state index contributed by atoms with van der Waals surface area (Å²) in [5.41, 5.74) is 3.46. The maximum absolute atomic E-state index is 4.88. The van der Waals surface area contributed by atoms with Crippen LogP contribution in [0.5, 0.6) is 0 Å². The van der Waals surface area contributed by atoms with Crippen molar-refractivity contribution in [3.8, 4) is 0 Å². The van der Waals surface area contributed by atoms with E-state index in [4.69, 9.17) is 12.2 Å². The summed E-state index contributed by atoms with van der Waals surface area (Å²) >= 11 is 4.88. The number of benzene rings is 1. The van der Waals surface area contributed by atoms with E-state index < -0.39 is 0 Å². The number of hydrogen-bond donors (Lipinski definition) is 2. The van der Waals surface area contributed by atoms with E-state index >= 15 is 0 Å².